The lowest BCUT2D eigenvalue weighted by molar-refractivity contribution is -0.0498. The van der Waals surface area contributed by atoms with Crippen molar-refractivity contribution < 1.29 is 18.3 Å². The topological polar surface area (TPSA) is 56.1 Å². The Balaban J connectivity index is 1.40. The molecule has 29 heavy (non-hydrogen) atoms. The van der Waals surface area contributed by atoms with E-state index in [9.17, 15) is 13.6 Å². The number of ether oxygens (including phenoxy) is 1. The molecule has 0 aliphatic rings. The van der Waals surface area contributed by atoms with Crippen molar-refractivity contribution in [3.8, 4) is 11.4 Å². The van der Waals surface area contributed by atoms with E-state index >= 15 is 0 Å². The molecule has 1 heterocycles. The average Bonchev–Trinajstić information content (AvgIpc) is 3.17. The summed E-state index contributed by atoms with van der Waals surface area (Å²) in [6.07, 6.45) is 1.75. The van der Waals surface area contributed by atoms with Gasteiger partial charge in [0.15, 0.2) is 0 Å². The average molecular weight is 393 g/mol. The van der Waals surface area contributed by atoms with Crippen LogP contribution in [0.3, 0.4) is 0 Å². The number of carbonyl (C=O) groups excluding carboxylic acids is 1. The van der Waals surface area contributed by atoms with Gasteiger partial charge in [0.05, 0.1) is 11.0 Å². The Labute approximate surface area is 165 Å². The fourth-order valence-corrected chi connectivity index (χ4v) is 3.01. The van der Waals surface area contributed by atoms with Crippen molar-refractivity contribution in [1.29, 1.82) is 0 Å². The molecule has 0 unspecified atom stereocenters. The quantitative estimate of drug-likeness (QED) is 0.523. The van der Waals surface area contributed by atoms with Crippen molar-refractivity contribution in [2.24, 2.45) is 0 Å². The van der Waals surface area contributed by atoms with Crippen molar-refractivity contribution in [3.05, 3.63) is 90.3 Å². The van der Waals surface area contributed by atoms with E-state index in [0.29, 0.717) is 5.56 Å². The number of alkyl halides is 2. The summed E-state index contributed by atoms with van der Waals surface area (Å²) in [5.41, 5.74) is 4.10. The lowest BCUT2D eigenvalue weighted by Gasteiger charge is -2.09. The summed E-state index contributed by atoms with van der Waals surface area (Å²) in [4.78, 5) is 16.8. The molecular formula is C22H17F2N3O2. The van der Waals surface area contributed by atoms with E-state index in [0.717, 1.165) is 22.3 Å². The molecule has 1 N–H and O–H groups in total. The maximum absolute atomic E-state index is 12.4. The Morgan fingerprint density at radius 1 is 1.00 bits per heavy atom. The molecule has 0 atom stereocenters. The minimum atomic E-state index is -2.86. The third-order valence-corrected chi connectivity index (χ3v) is 4.46. The van der Waals surface area contributed by atoms with E-state index in [1.165, 1.54) is 12.1 Å². The Hall–Kier alpha value is -3.74. The molecule has 0 bridgehead atoms. The number of halogens is 2. The van der Waals surface area contributed by atoms with Crippen molar-refractivity contribution in [2.75, 3.05) is 0 Å². The highest BCUT2D eigenvalue weighted by Crippen LogP contribution is 2.18. The number of imidazole rings is 1. The lowest BCUT2D eigenvalue weighted by atomic mass is 10.1. The Morgan fingerprint density at radius 3 is 2.45 bits per heavy atom. The third-order valence-electron chi connectivity index (χ3n) is 4.46. The van der Waals surface area contributed by atoms with Gasteiger partial charge < -0.3 is 10.1 Å². The smallest absolute Gasteiger partial charge is 0.387 e. The molecule has 7 heteroatoms. The lowest BCUT2D eigenvalue weighted by Crippen LogP contribution is -2.22. The second-order valence-corrected chi connectivity index (χ2v) is 6.36. The molecular weight excluding hydrogens is 376 g/mol. The highest BCUT2D eigenvalue weighted by molar-refractivity contribution is 5.94. The number of aromatic nitrogens is 2. The zero-order valence-electron chi connectivity index (χ0n) is 15.3. The van der Waals surface area contributed by atoms with Gasteiger partial charge in [-0.3, -0.25) is 9.36 Å². The number of carbonyl (C=O) groups is 1. The monoisotopic (exact) mass is 393 g/mol. The first-order chi connectivity index (χ1) is 14.1. The zero-order chi connectivity index (χ0) is 20.2. The van der Waals surface area contributed by atoms with E-state index in [-0.39, 0.29) is 18.2 Å². The SMILES string of the molecule is O=C(NCc1ccc(OC(F)F)cc1)c1ccc(-n2cnc3ccccc32)cc1. The van der Waals surface area contributed by atoms with Crippen LogP contribution in [0.15, 0.2) is 79.1 Å². The highest BCUT2D eigenvalue weighted by atomic mass is 19.3. The first-order valence-electron chi connectivity index (χ1n) is 8.94. The number of hydrogen-bond acceptors (Lipinski definition) is 3. The van der Waals surface area contributed by atoms with E-state index in [1.54, 1.807) is 30.6 Å². The molecule has 0 saturated carbocycles. The molecule has 0 saturated heterocycles. The van der Waals surface area contributed by atoms with Crippen molar-refractivity contribution in [2.45, 2.75) is 13.2 Å². The standard InChI is InChI=1S/C22H17F2N3O2/c23-22(24)29-18-11-5-15(6-12-18)13-25-21(28)16-7-9-17(10-8-16)27-14-26-19-3-1-2-4-20(19)27/h1-12,14,22H,13H2,(H,25,28). The second kappa shape index (κ2) is 8.10. The first-order valence-corrected chi connectivity index (χ1v) is 8.94. The van der Waals surface area contributed by atoms with Gasteiger partial charge in [-0.2, -0.15) is 8.78 Å². The molecule has 1 amide bonds. The van der Waals surface area contributed by atoms with Gasteiger partial charge in [0.25, 0.3) is 5.91 Å². The number of benzene rings is 3. The Bertz CT molecular complexity index is 1120. The van der Waals surface area contributed by atoms with Gasteiger partial charge >= 0.3 is 6.61 Å². The summed E-state index contributed by atoms with van der Waals surface area (Å²) in [5, 5.41) is 2.81. The molecule has 0 fully saturated rings. The van der Waals surface area contributed by atoms with Crippen LogP contribution in [0, 0.1) is 0 Å². The summed E-state index contributed by atoms with van der Waals surface area (Å²) in [6.45, 7) is -2.58. The van der Waals surface area contributed by atoms with Gasteiger partial charge in [-0.1, -0.05) is 24.3 Å². The van der Waals surface area contributed by atoms with E-state index in [4.69, 9.17) is 0 Å². The van der Waals surface area contributed by atoms with Gasteiger partial charge in [0.1, 0.15) is 12.1 Å². The van der Waals surface area contributed by atoms with Crippen LogP contribution in [0.4, 0.5) is 8.78 Å². The minimum absolute atomic E-state index is 0.0812. The van der Waals surface area contributed by atoms with Crippen LogP contribution in [0.5, 0.6) is 5.75 Å². The molecule has 4 rings (SSSR count). The summed E-state index contributed by atoms with van der Waals surface area (Å²) in [6, 6.07) is 21.2. The molecule has 0 radical (unpaired) electrons. The second-order valence-electron chi connectivity index (χ2n) is 6.36. The summed E-state index contributed by atoms with van der Waals surface area (Å²) in [5.74, 6) is -0.141. The van der Waals surface area contributed by atoms with Gasteiger partial charge in [0.2, 0.25) is 0 Å². The molecule has 5 nitrogen and oxygen atoms in total. The fourth-order valence-electron chi connectivity index (χ4n) is 3.01. The van der Waals surface area contributed by atoms with Crippen LogP contribution < -0.4 is 10.1 Å². The van der Waals surface area contributed by atoms with Crippen molar-refractivity contribution >= 4 is 16.9 Å². The number of nitrogens with zero attached hydrogens (tertiary/aromatic N) is 2. The van der Waals surface area contributed by atoms with E-state index in [2.05, 4.69) is 15.0 Å². The zero-order valence-corrected chi connectivity index (χ0v) is 15.3. The van der Waals surface area contributed by atoms with Crippen LogP contribution in [0.2, 0.25) is 0 Å². The largest absolute Gasteiger partial charge is 0.435 e. The Morgan fingerprint density at radius 2 is 1.72 bits per heavy atom. The minimum Gasteiger partial charge on any atom is -0.435 e. The maximum Gasteiger partial charge on any atom is 0.387 e. The molecule has 4 aromatic rings. The number of nitrogens with one attached hydrogen (secondary N) is 1. The number of rotatable bonds is 6. The maximum atomic E-state index is 12.4. The van der Waals surface area contributed by atoms with Gasteiger partial charge in [0, 0.05) is 17.8 Å². The number of para-hydroxylation sites is 2. The molecule has 0 aliphatic heterocycles. The Kier molecular flexibility index (Phi) is 5.20. The van der Waals surface area contributed by atoms with Crippen LogP contribution >= 0.6 is 0 Å². The highest BCUT2D eigenvalue weighted by Gasteiger charge is 2.08. The predicted molar refractivity (Wildman–Crippen MR) is 105 cm³/mol. The normalized spacial score (nSPS) is 11.0. The number of amides is 1. The van der Waals surface area contributed by atoms with Crippen LogP contribution in [-0.2, 0) is 6.54 Å². The fraction of sp³-hybridized carbons (Fsp3) is 0.0909. The molecule has 146 valence electrons. The summed E-state index contributed by atoms with van der Waals surface area (Å²) >= 11 is 0. The summed E-state index contributed by atoms with van der Waals surface area (Å²) in [7, 11) is 0. The molecule has 3 aromatic carbocycles. The van der Waals surface area contributed by atoms with Crippen LogP contribution in [0.25, 0.3) is 16.7 Å². The third kappa shape index (κ3) is 4.24. The van der Waals surface area contributed by atoms with Gasteiger partial charge in [-0.25, -0.2) is 4.98 Å². The van der Waals surface area contributed by atoms with Crippen molar-refractivity contribution in [3.63, 3.8) is 0 Å². The molecule has 0 spiro atoms. The summed E-state index contributed by atoms with van der Waals surface area (Å²) < 4.78 is 30.6. The van der Waals surface area contributed by atoms with E-state index < -0.39 is 6.61 Å². The number of fused-ring (bicyclic) bond motifs is 1. The van der Waals surface area contributed by atoms with Gasteiger partial charge in [-0.15, -0.1) is 0 Å². The van der Waals surface area contributed by atoms with E-state index in [1.807, 2.05) is 41.0 Å². The molecule has 0 aliphatic carbocycles. The van der Waals surface area contributed by atoms with Crippen LogP contribution in [0.1, 0.15) is 15.9 Å². The first kappa shape index (κ1) is 18.6. The van der Waals surface area contributed by atoms with Crippen LogP contribution in [-0.4, -0.2) is 22.1 Å². The predicted octanol–water partition coefficient (Wildman–Crippen LogP) is 4.56. The van der Waals surface area contributed by atoms with Crippen molar-refractivity contribution in [1.82, 2.24) is 14.9 Å². The molecule has 1 aromatic heterocycles. The number of hydrogen-bond donors (Lipinski definition) is 1. The van der Waals surface area contributed by atoms with Gasteiger partial charge in [-0.05, 0) is 54.1 Å².